The average Bonchev–Trinajstić information content (AvgIpc) is 2.33. The summed E-state index contributed by atoms with van der Waals surface area (Å²) >= 11 is 0. The van der Waals surface area contributed by atoms with Crippen LogP contribution in [0.5, 0.6) is 0 Å². The van der Waals surface area contributed by atoms with Gasteiger partial charge in [-0.05, 0) is 12.8 Å². The molecule has 0 aromatic rings. The normalized spacial score (nSPS) is 13.8. The first kappa shape index (κ1) is 22.8. The minimum atomic E-state index is -3.30. The molecule has 1 N–H and O–H groups in total. The van der Waals surface area contributed by atoms with Gasteiger partial charge in [-0.2, -0.15) is 0 Å². The minimum Gasteiger partial charge on any atom is -0.324 e. The molecule has 0 saturated heterocycles. The Labute approximate surface area is 152 Å². The van der Waals surface area contributed by atoms with Gasteiger partial charge in [-0.1, -0.05) is 65.2 Å². The third-order valence-electron chi connectivity index (χ3n) is 3.09. The van der Waals surface area contributed by atoms with Crippen molar-refractivity contribution in [1.29, 1.82) is 0 Å². The van der Waals surface area contributed by atoms with Crippen LogP contribution in [-0.2, 0) is 9.09 Å². The van der Waals surface area contributed by atoms with E-state index in [1.165, 1.54) is 32.1 Å². The van der Waals surface area contributed by atoms with Crippen LogP contribution in [0.25, 0.3) is 0 Å². The predicted octanol–water partition coefficient (Wildman–Crippen LogP) is 5.13. The van der Waals surface area contributed by atoms with Crippen LogP contribution in [0, 0.1) is 40.8 Å². The molecular formula is C14H31NdO3P. The smallest absolute Gasteiger partial charge is 0.324 e. The SMILES string of the molecule is CCCCCCCOP(=O)(O)CCCCCCC.[Nd]. The maximum Gasteiger partial charge on any atom is 0.328 e. The largest absolute Gasteiger partial charge is 0.328 e. The number of hydrogen-bond acceptors (Lipinski definition) is 2. The Hall–Kier alpha value is 1.50. The summed E-state index contributed by atoms with van der Waals surface area (Å²) in [7, 11) is -3.30. The van der Waals surface area contributed by atoms with Gasteiger partial charge >= 0.3 is 7.60 Å². The Morgan fingerprint density at radius 1 is 0.842 bits per heavy atom. The van der Waals surface area contributed by atoms with Gasteiger partial charge in [-0.25, -0.2) is 0 Å². The molecule has 0 aromatic carbocycles. The Morgan fingerprint density at radius 3 is 1.84 bits per heavy atom. The van der Waals surface area contributed by atoms with Crippen molar-refractivity contribution in [3.8, 4) is 0 Å². The average molecular weight is 423 g/mol. The van der Waals surface area contributed by atoms with Crippen molar-refractivity contribution in [2.75, 3.05) is 12.8 Å². The molecular weight excluding hydrogens is 391 g/mol. The van der Waals surface area contributed by atoms with Crippen molar-refractivity contribution >= 4 is 7.60 Å². The van der Waals surface area contributed by atoms with E-state index >= 15 is 0 Å². The second kappa shape index (κ2) is 15.9. The third-order valence-corrected chi connectivity index (χ3v) is 4.55. The molecule has 0 bridgehead atoms. The van der Waals surface area contributed by atoms with E-state index in [2.05, 4.69) is 13.8 Å². The monoisotopic (exact) mass is 420 g/mol. The maximum absolute atomic E-state index is 11.7. The van der Waals surface area contributed by atoms with Gasteiger partial charge < -0.3 is 9.42 Å². The summed E-state index contributed by atoms with van der Waals surface area (Å²) < 4.78 is 16.8. The molecule has 0 rings (SSSR count). The second-order valence-corrected chi connectivity index (χ2v) is 7.00. The quantitative estimate of drug-likeness (QED) is 0.331. The molecule has 0 radical (unpaired) electrons. The van der Waals surface area contributed by atoms with Crippen molar-refractivity contribution in [2.45, 2.75) is 78.1 Å². The van der Waals surface area contributed by atoms with Crippen LogP contribution < -0.4 is 0 Å². The summed E-state index contributed by atoms with van der Waals surface area (Å²) in [6.07, 6.45) is 11.4. The Balaban J connectivity index is 0. The molecule has 0 aromatic heterocycles. The van der Waals surface area contributed by atoms with Gasteiger partial charge in [0.05, 0.1) is 6.61 Å². The molecule has 3 nitrogen and oxygen atoms in total. The third kappa shape index (κ3) is 17.4. The molecule has 114 valence electrons. The fourth-order valence-electron chi connectivity index (χ4n) is 1.89. The molecule has 0 heterocycles. The molecule has 0 aliphatic heterocycles. The second-order valence-electron chi connectivity index (χ2n) is 5.02. The van der Waals surface area contributed by atoms with E-state index in [1.54, 1.807) is 0 Å². The van der Waals surface area contributed by atoms with Crippen LogP contribution in [-0.4, -0.2) is 17.7 Å². The molecule has 0 fully saturated rings. The molecule has 19 heavy (non-hydrogen) atoms. The van der Waals surface area contributed by atoms with E-state index in [0.29, 0.717) is 12.8 Å². The standard InChI is InChI=1S/C14H31O3P.Nd/c1-3-5-7-9-11-13-17-18(15,16)14-12-10-8-6-4-2;/h3-14H2,1-2H3,(H,15,16);. The van der Waals surface area contributed by atoms with Gasteiger partial charge in [-0.3, -0.25) is 4.57 Å². The molecule has 0 aliphatic carbocycles. The Kier molecular flexibility index (Phi) is 19.0. The molecule has 0 aliphatic rings. The molecule has 1 unspecified atom stereocenters. The van der Waals surface area contributed by atoms with Crippen LogP contribution in [0.15, 0.2) is 0 Å². The van der Waals surface area contributed by atoms with Gasteiger partial charge in [0, 0.05) is 47.0 Å². The first-order valence-electron chi connectivity index (χ1n) is 7.58. The fraction of sp³-hybridized carbons (Fsp3) is 1.00. The number of rotatable bonds is 13. The molecule has 0 amide bonds. The zero-order valence-corrected chi connectivity index (χ0v) is 16.8. The van der Waals surface area contributed by atoms with Crippen molar-refractivity contribution in [3.63, 3.8) is 0 Å². The predicted molar refractivity (Wildman–Crippen MR) is 78.2 cm³/mol. The van der Waals surface area contributed by atoms with Gasteiger partial charge in [0.1, 0.15) is 0 Å². The van der Waals surface area contributed by atoms with Crippen LogP contribution >= 0.6 is 7.60 Å². The fourth-order valence-corrected chi connectivity index (χ4v) is 3.06. The molecule has 0 spiro atoms. The molecule has 0 saturated carbocycles. The zero-order valence-electron chi connectivity index (χ0n) is 12.7. The summed E-state index contributed by atoms with van der Waals surface area (Å²) in [5, 5.41) is 0. The first-order chi connectivity index (χ1) is 8.62. The summed E-state index contributed by atoms with van der Waals surface area (Å²) in [4.78, 5) is 9.61. The minimum absolute atomic E-state index is 0. The van der Waals surface area contributed by atoms with Crippen molar-refractivity contribution in [2.24, 2.45) is 0 Å². The number of unbranched alkanes of at least 4 members (excludes halogenated alkanes) is 8. The van der Waals surface area contributed by atoms with E-state index in [1.807, 2.05) is 0 Å². The summed E-state index contributed by atoms with van der Waals surface area (Å²) in [6, 6.07) is 0. The van der Waals surface area contributed by atoms with Crippen LogP contribution in [0.1, 0.15) is 78.1 Å². The van der Waals surface area contributed by atoms with E-state index < -0.39 is 7.60 Å². The van der Waals surface area contributed by atoms with Gasteiger partial charge in [0.15, 0.2) is 0 Å². The van der Waals surface area contributed by atoms with Gasteiger partial charge in [0.2, 0.25) is 0 Å². The van der Waals surface area contributed by atoms with E-state index in [-0.39, 0.29) is 40.8 Å². The van der Waals surface area contributed by atoms with Crippen LogP contribution in [0.2, 0.25) is 0 Å². The van der Waals surface area contributed by atoms with Gasteiger partial charge in [0.25, 0.3) is 0 Å². The van der Waals surface area contributed by atoms with Crippen LogP contribution in [0.3, 0.4) is 0 Å². The Morgan fingerprint density at radius 2 is 1.32 bits per heavy atom. The number of hydrogen-bond donors (Lipinski definition) is 1. The summed E-state index contributed by atoms with van der Waals surface area (Å²) in [5.74, 6) is 0. The van der Waals surface area contributed by atoms with Gasteiger partial charge in [-0.15, -0.1) is 0 Å². The molecule has 1 atom stereocenters. The topological polar surface area (TPSA) is 46.5 Å². The summed E-state index contributed by atoms with van der Waals surface area (Å²) in [6.45, 7) is 4.78. The van der Waals surface area contributed by atoms with E-state index in [9.17, 15) is 9.46 Å². The van der Waals surface area contributed by atoms with Crippen molar-refractivity contribution in [1.82, 2.24) is 0 Å². The van der Waals surface area contributed by atoms with E-state index in [0.717, 1.165) is 32.1 Å². The van der Waals surface area contributed by atoms with Crippen molar-refractivity contribution in [3.05, 3.63) is 0 Å². The maximum atomic E-state index is 11.7. The van der Waals surface area contributed by atoms with Crippen LogP contribution in [0.4, 0.5) is 0 Å². The zero-order chi connectivity index (χ0) is 13.7. The van der Waals surface area contributed by atoms with Crippen molar-refractivity contribution < 1.29 is 54.8 Å². The summed E-state index contributed by atoms with van der Waals surface area (Å²) in [5.41, 5.74) is 0. The molecule has 5 heteroatoms. The first-order valence-corrected chi connectivity index (χ1v) is 9.35. The van der Waals surface area contributed by atoms with E-state index in [4.69, 9.17) is 4.52 Å². The Bertz CT molecular complexity index is 225.